The van der Waals surface area contributed by atoms with Crippen molar-refractivity contribution < 1.29 is 4.39 Å². The van der Waals surface area contributed by atoms with E-state index in [2.05, 4.69) is 73.8 Å². The smallest absolute Gasteiger partial charge is 0.108 e. The summed E-state index contributed by atoms with van der Waals surface area (Å²) in [7, 11) is 2.19. The van der Waals surface area contributed by atoms with E-state index in [-0.39, 0.29) is 6.04 Å². The fourth-order valence-electron chi connectivity index (χ4n) is 3.86. The van der Waals surface area contributed by atoms with Gasteiger partial charge in [-0.2, -0.15) is 5.10 Å². The summed E-state index contributed by atoms with van der Waals surface area (Å²) in [6.07, 6.45) is 9.64. The van der Waals surface area contributed by atoms with Gasteiger partial charge in [0.25, 0.3) is 0 Å². The van der Waals surface area contributed by atoms with Crippen LogP contribution in [0.2, 0.25) is 0 Å². The Morgan fingerprint density at radius 1 is 1.17 bits per heavy atom. The number of likely N-dealkylation sites (N-methyl/N-ethyl adjacent to an activating group) is 1. The summed E-state index contributed by atoms with van der Waals surface area (Å²) < 4.78 is 14.8. The number of halogens is 1. The quantitative estimate of drug-likeness (QED) is 0.396. The molecule has 0 radical (unpaired) electrons. The summed E-state index contributed by atoms with van der Waals surface area (Å²) in [5.41, 5.74) is 6.05. The summed E-state index contributed by atoms with van der Waals surface area (Å²) in [6, 6.07) is 10.9. The van der Waals surface area contributed by atoms with Crippen molar-refractivity contribution in [2.24, 2.45) is 0 Å². The van der Waals surface area contributed by atoms with Crippen molar-refractivity contribution in [3.8, 4) is 0 Å². The van der Waals surface area contributed by atoms with Crippen LogP contribution in [0.4, 0.5) is 4.39 Å². The van der Waals surface area contributed by atoms with Gasteiger partial charge >= 0.3 is 0 Å². The molecule has 4 heteroatoms. The zero-order chi connectivity index (χ0) is 21.9. The molecule has 0 fully saturated rings. The van der Waals surface area contributed by atoms with Gasteiger partial charge < -0.3 is 4.90 Å². The van der Waals surface area contributed by atoms with Crippen LogP contribution in [-0.2, 0) is 19.3 Å². The largest absolute Gasteiger partial charge is 0.306 e. The fourth-order valence-corrected chi connectivity index (χ4v) is 3.86. The molecule has 30 heavy (non-hydrogen) atoms. The second-order valence-corrected chi connectivity index (χ2v) is 8.11. The molecule has 1 aromatic heterocycles. The molecule has 3 nitrogen and oxygen atoms in total. The van der Waals surface area contributed by atoms with E-state index < -0.39 is 6.67 Å². The molecule has 0 saturated carbocycles. The van der Waals surface area contributed by atoms with Gasteiger partial charge in [0.2, 0.25) is 0 Å². The first kappa shape index (κ1) is 24.1. The van der Waals surface area contributed by atoms with Crippen molar-refractivity contribution in [2.75, 3.05) is 26.8 Å². The zero-order valence-electron chi connectivity index (χ0n) is 19.4. The van der Waals surface area contributed by atoms with E-state index in [9.17, 15) is 4.39 Å². The Bertz CT molecular complexity index is 818. The van der Waals surface area contributed by atoms with Crippen molar-refractivity contribution >= 4 is 5.57 Å². The first-order valence-corrected chi connectivity index (χ1v) is 11.2. The Balaban J connectivity index is 2.07. The van der Waals surface area contributed by atoms with Crippen LogP contribution in [0.5, 0.6) is 0 Å². The van der Waals surface area contributed by atoms with Crippen LogP contribution in [0.1, 0.15) is 62.7 Å². The average Bonchev–Trinajstić information content (AvgIpc) is 3.12. The van der Waals surface area contributed by atoms with Gasteiger partial charge in [0.05, 0.1) is 11.4 Å². The Morgan fingerprint density at radius 3 is 2.50 bits per heavy atom. The molecule has 0 aliphatic rings. The predicted octanol–water partition coefficient (Wildman–Crippen LogP) is 6.06. The van der Waals surface area contributed by atoms with E-state index >= 15 is 0 Å². The molecule has 0 atom stereocenters. The van der Waals surface area contributed by atoms with Gasteiger partial charge in [-0.3, -0.25) is 4.68 Å². The number of rotatable bonds is 12. The number of benzene rings is 1. The summed E-state index contributed by atoms with van der Waals surface area (Å²) >= 11 is 0. The average molecular weight is 412 g/mol. The first-order chi connectivity index (χ1) is 14.5. The molecule has 0 spiro atoms. The molecular weight excluding hydrogens is 373 g/mol. The maximum Gasteiger partial charge on any atom is 0.108 e. The van der Waals surface area contributed by atoms with Crippen molar-refractivity contribution in [2.45, 2.75) is 59.4 Å². The van der Waals surface area contributed by atoms with Crippen LogP contribution in [0.15, 0.2) is 48.6 Å². The van der Waals surface area contributed by atoms with E-state index in [4.69, 9.17) is 5.10 Å². The van der Waals surface area contributed by atoms with Gasteiger partial charge in [-0.05, 0) is 64.8 Å². The first-order valence-electron chi connectivity index (χ1n) is 11.2. The Kier molecular flexibility index (Phi) is 10.0. The summed E-state index contributed by atoms with van der Waals surface area (Å²) in [5.74, 6) is 0. The van der Waals surface area contributed by atoms with Gasteiger partial charge in [0.1, 0.15) is 6.67 Å². The number of hydrogen-bond acceptors (Lipinski definition) is 2. The SMILES string of the molecule is C/C=C(\C=C/CF)c1c(CC)c(CCN(C)CCCc2ccccc2)nn1C(C)C. The van der Waals surface area contributed by atoms with Gasteiger partial charge in [0.15, 0.2) is 0 Å². The van der Waals surface area contributed by atoms with E-state index in [1.807, 2.05) is 13.0 Å². The maximum atomic E-state index is 12.7. The molecule has 0 amide bonds. The van der Waals surface area contributed by atoms with E-state index in [1.54, 1.807) is 6.08 Å². The molecule has 0 saturated heterocycles. The third-order valence-corrected chi connectivity index (χ3v) is 5.48. The minimum absolute atomic E-state index is 0.261. The fraction of sp³-hybridized carbons (Fsp3) is 0.500. The topological polar surface area (TPSA) is 21.1 Å². The second kappa shape index (κ2) is 12.5. The van der Waals surface area contributed by atoms with E-state index in [0.717, 1.165) is 50.0 Å². The summed E-state index contributed by atoms with van der Waals surface area (Å²) in [6.45, 7) is 10.1. The van der Waals surface area contributed by atoms with E-state index in [0.29, 0.717) is 0 Å². The normalized spacial score (nSPS) is 12.6. The molecule has 1 aromatic carbocycles. The highest BCUT2D eigenvalue weighted by molar-refractivity contribution is 5.74. The zero-order valence-corrected chi connectivity index (χ0v) is 19.4. The van der Waals surface area contributed by atoms with Gasteiger partial charge in [-0.1, -0.05) is 55.5 Å². The van der Waals surface area contributed by atoms with Gasteiger partial charge in [-0.25, -0.2) is 4.39 Å². The van der Waals surface area contributed by atoms with Crippen LogP contribution < -0.4 is 0 Å². The second-order valence-electron chi connectivity index (χ2n) is 8.11. The highest BCUT2D eigenvalue weighted by atomic mass is 19.1. The van der Waals surface area contributed by atoms with Crippen molar-refractivity contribution in [1.29, 1.82) is 0 Å². The molecule has 0 aliphatic carbocycles. The highest BCUT2D eigenvalue weighted by Gasteiger charge is 2.20. The lowest BCUT2D eigenvalue weighted by Crippen LogP contribution is -2.23. The summed E-state index contributed by atoms with van der Waals surface area (Å²) in [4.78, 5) is 2.40. The van der Waals surface area contributed by atoms with Crippen LogP contribution in [0.25, 0.3) is 5.57 Å². The molecule has 164 valence electrons. The molecule has 2 rings (SSSR count). The highest BCUT2D eigenvalue weighted by Crippen LogP contribution is 2.27. The monoisotopic (exact) mass is 411 g/mol. The Labute approximate surface area is 182 Å². The number of nitrogens with zero attached hydrogens (tertiary/aromatic N) is 3. The van der Waals surface area contributed by atoms with Crippen molar-refractivity contribution in [1.82, 2.24) is 14.7 Å². The molecule has 0 unspecified atom stereocenters. The van der Waals surface area contributed by atoms with Crippen molar-refractivity contribution in [3.63, 3.8) is 0 Å². The number of hydrogen-bond donors (Lipinski definition) is 0. The molecule has 0 N–H and O–H groups in total. The lowest BCUT2D eigenvalue weighted by Gasteiger charge is -2.16. The van der Waals surface area contributed by atoms with Crippen LogP contribution in [0, 0.1) is 0 Å². The van der Waals surface area contributed by atoms with Crippen LogP contribution >= 0.6 is 0 Å². The number of allylic oxidation sites excluding steroid dienone is 4. The van der Waals surface area contributed by atoms with E-state index in [1.165, 1.54) is 16.8 Å². The lowest BCUT2D eigenvalue weighted by atomic mass is 10.0. The van der Waals surface area contributed by atoms with Gasteiger partial charge in [0, 0.05) is 24.6 Å². The third-order valence-electron chi connectivity index (χ3n) is 5.48. The molecule has 2 aromatic rings. The standard InChI is InChI=1S/C26H38FN3/c1-6-23(16-11-18-27)26-24(7-2)25(28-30(26)21(3)4)17-20-29(5)19-12-15-22-13-9-8-10-14-22/h6,8-11,13-14,16,21H,7,12,15,17-20H2,1-5H3/b16-11-,23-6+. The van der Waals surface area contributed by atoms with Crippen molar-refractivity contribution in [3.05, 3.63) is 71.1 Å². The summed E-state index contributed by atoms with van der Waals surface area (Å²) in [5, 5.41) is 4.98. The Morgan fingerprint density at radius 2 is 1.90 bits per heavy atom. The predicted molar refractivity (Wildman–Crippen MR) is 127 cm³/mol. The molecule has 0 bridgehead atoms. The van der Waals surface area contributed by atoms with Gasteiger partial charge in [-0.15, -0.1) is 0 Å². The maximum absolute atomic E-state index is 12.7. The number of aryl methyl sites for hydroxylation is 1. The Hall–Kier alpha value is -2.20. The lowest BCUT2D eigenvalue weighted by molar-refractivity contribution is 0.331. The molecular formula is C26H38FN3. The number of aromatic nitrogens is 2. The number of alkyl halides is 1. The third kappa shape index (κ3) is 6.66. The molecule has 1 heterocycles. The minimum atomic E-state index is -0.449. The van der Waals surface area contributed by atoms with Crippen LogP contribution in [-0.4, -0.2) is 41.5 Å². The van der Waals surface area contributed by atoms with Crippen LogP contribution in [0.3, 0.4) is 0 Å². The molecule has 0 aliphatic heterocycles. The minimum Gasteiger partial charge on any atom is -0.306 e.